The van der Waals surface area contributed by atoms with E-state index in [4.69, 9.17) is 17.3 Å². The molecule has 2 aromatic carbocycles. The van der Waals surface area contributed by atoms with E-state index in [2.05, 4.69) is 0 Å². The summed E-state index contributed by atoms with van der Waals surface area (Å²) in [6.07, 6.45) is 0.307. The van der Waals surface area contributed by atoms with Crippen LogP contribution >= 0.6 is 23.4 Å². The van der Waals surface area contributed by atoms with Gasteiger partial charge in [0.15, 0.2) is 0 Å². The molecule has 0 saturated carbocycles. The number of anilines is 1. The summed E-state index contributed by atoms with van der Waals surface area (Å²) < 4.78 is 13.3. The van der Waals surface area contributed by atoms with Gasteiger partial charge in [-0.15, -0.1) is 0 Å². The van der Waals surface area contributed by atoms with Crippen molar-refractivity contribution in [3.63, 3.8) is 0 Å². The third kappa shape index (κ3) is 3.82. The van der Waals surface area contributed by atoms with E-state index in [0.29, 0.717) is 17.1 Å². The molecular weight excluding hydrogens is 389 g/mol. The average molecular weight is 402 g/mol. The molecule has 1 aliphatic heterocycles. The zero-order valence-electron chi connectivity index (χ0n) is 13.9. The molecule has 1 aliphatic rings. The molecule has 0 aliphatic carbocycles. The summed E-state index contributed by atoms with van der Waals surface area (Å²) in [4.78, 5) is 25.9. The third-order valence-electron chi connectivity index (χ3n) is 3.97. The Morgan fingerprint density at radius 3 is 2.52 bits per heavy atom. The first-order valence-corrected chi connectivity index (χ1v) is 9.12. The zero-order chi connectivity index (χ0) is 19.6. The number of thioether (sulfide) groups is 1. The van der Waals surface area contributed by atoms with Crippen molar-refractivity contribution in [2.45, 2.75) is 11.7 Å². The van der Waals surface area contributed by atoms with E-state index in [9.17, 15) is 19.2 Å². The number of nitriles is 1. The molecule has 2 amide bonds. The van der Waals surface area contributed by atoms with Crippen molar-refractivity contribution in [1.82, 2.24) is 0 Å². The highest BCUT2D eigenvalue weighted by atomic mass is 35.5. The van der Waals surface area contributed by atoms with Crippen LogP contribution in [0, 0.1) is 17.1 Å². The maximum Gasteiger partial charge on any atom is 0.262 e. The molecule has 8 heteroatoms. The maximum atomic E-state index is 13.3. The summed E-state index contributed by atoms with van der Waals surface area (Å²) in [5, 5.41) is 9.38. The predicted octanol–water partition coefficient (Wildman–Crippen LogP) is 3.39. The monoisotopic (exact) mass is 401 g/mol. The Labute approximate surface area is 164 Å². The van der Waals surface area contributed by atoms with Crippen LogP contribution in [0.1, 0.15) is 5.56 Å². The molecule has 1 fully saturated rings. The topological polar surface area (TPSA) is 87.2 Å². The van der Waals surface area contributed by atoms with Crippen LogP contribution in [0.3, 0.4) is 0 Å². The van der Waals surface area contributed by atoms with E-state index in [-0.39, 0.29) is 16.5 Å². The lowest BCUT2D eigenvalue weighted by molar-refractivity contribution is -0.117. The van der Waals surface area contributed by atoms with Gasteiger partial charge in [0, 0.05) is 10.7 Å². The summed E-state index contributed by atoms with van der Waals surface area (Å²) in [6.45, 7) is 0. The second-order valence-corrected chi connectivity index (χ2v) is 7.31. The molecule has 2 aromatic rings. The predicted molar refractivity (Wildman–Crippen MR) is 102 cm³/mol. The number of nitrogens with zero attached hydrogens (tertiary/aromatic N) is 2. The molecule has 0 aromatic heterocycles. The van der Waals surface area contributed by atoms with Gasteiger partial charge in [-0.05, 0) is 42.3 Å². The van der Waals surface area contributed by atoms with Gasteiger partial charge in [-0.3, -0.25) is 14.5 Å². The first-order valence-electron chi connectivity index (χ1n) is 7.86. The number of amides is 2. The molecule has 1 heterocycles. The van der Waals surface area contributed by atoms with Gasteiger partial charge in [-0.1, -0.05) is 41.6 Å². The first-order chi connectivity index (χ1) is 12.9. The molecule has 0 radical (unpaired) electrons. The van der Waals surface area contributed by atoms with E-state index >= 15 is 0 Å². The summed E-state index contributed by atoms with van der Waals surface area (Å²) in [6, 6.07) is 14.1. The van der Waals surface area contributed by atoms with Crippen LogP contribution in [-0.4, -0.2) is 17.1 Å². The Kier molecular flexibility index (Phi) is 5.49. The van der Waals surface area contributed by atoms with Crippen LogP contribution in [-0.2, 0) is 16.0 Å². The minimum absolute atomic E-state index is 0.138. The number of hydrogen-bond acceptors (Lipinski definition) is 4. The molecule has 27 heavy (non-hydrogen) atoms. The molecule has 1 saturated heterocycles. The minimum Gasteiger partial charge on any atom is -0.365 e. The molecule has 1 atom stereocenters. The molecule has 2 N–H and O–H groups in total. The summed E-state index contributed by atoms with van der Waals surface area (Å²) in [5.41, 5.74) is 6.10. The van der Waals surface area contributed by atoms with Crippen LogP contribution in [0.4, 0.5) is 10.1 Å². The number of nitrogens with two attached hydrogens (primary N) is 1. The lowest BCUT2D eigenvalue weighted by Gasteiger charge is -2.18. The zero-order valence-corrected chi connectivity index (χ0v) is 15.4. The fourth-order valence-electron chi connectivity index (χ4n) is 2.69. The molecule has 136 valence electrons. The Hall–Kier alpha value is -2.82. The van der Waals surface area contributed by atoms with Gasteiger partial charge in [0.05, 0.1) is 5.25 Å². The molecule has 0 unspecified atom stereocenters. The standard InChI is InChI=1S/C19H13ClFN3O2S/c20-15-4-2-1-3-11(15)9-16-18(26)24(13-7-5-12(21)6-8-13)19(27-16)14(10-22)17(23)25/h1-8,16H,9H2,(H2,23,25)/b19-14-/t16-/m0/s1. The molecule has 0 spiro atoms. The van der Waals surface area contributed by atoms with Crippen molar-refractivity contribution >= 4 is 40.9 Å². The number of carbonyl (C=O) groups excluding carboxylic acids is 2. The van der Waals surface area contributed by atoms with Crippen LogP contribution in [0.2, 0.25) is 5.02 Å². The van der Waals surface area contributed by atoms with Gasteiger partial charge in [-0.25, -0.2) is 4.39 Å². The Bertz CT molecular complexity index is 985. The lowest BCUT2D eigenvalue weighted by atomic mass is 10.1. The number of carbonyl (C=O) groups is 2. The van der Waals surface area contributed by atoms with Crippen LogP contribution in [0.5, 0.6) is 0 Å². The Morgan fingerprint density at radius 1 is 1.26 bits per heavy atom. The van der Waals surface area contributed by atoms with Crippen molar-refractivity contribution in [3.05, 3.63) is 75.5 Å². The Balaban J connectivity index is 2.05. The number of rotatable bonds is 4. The third-order valence-corrected chi connectivity index (χ3v) is 5.60. The second kappa shape index (κ2) is 7.82. The van der Waals surface area contributed by atoms with Gasteiger partial charge in [0.2, 0.25) is 5.91 Å². The SMILES string of the molecule is N#C/C(C(N)=O)=C1/S[C@@H](Cc2ccccc2Cl)C(=O)N1c1ccc(F)cc1. The van der Waals surface area contributed by atoms with Gasteiger partial charge in [-0.2, -0.15) is 5.26 Å². The van der Waals surface area contributed by atoms with E-state index in [1.54, 1.807) is 24.3 Å². The van der Waals surface area contributed by atoms with Crippen LogP contribution < -0.4 is 10.6 Å². The summed E-state index contributed by atoms with van der Waals surface area (Å²) in [5.74, 6) is -1.74. The highest BCUT2D eigenvalue weighted by molar-refractivity contribution is 8.05. The number of halogens is 2. The minimum atomic E-state index is -0.932. The van der Waals surface area contributed by atoms with E-state index in [0.717, 1.165) is 17.3 Å². The van der Waals surface area contributed by atoms with Crippen molar-refractivity contribution in [1.29, 1.82) is 5.26 Å². The molecular formula is C19H13ClFN3O2S. The normalized spacial score (nSPS) is 18.3. The maximum absolute atomic E-state index is 13.3. The summed E-state index contributed by atoms with van der Waals surface area (Å²) >= 11 is 7.25. The van der Waals surface area contributed by atoms with Gasteiger partial charge in [0.25, 0.3) is 5.91 Å². The van der Waals surface area contributed by atoms with E-state index in [1.807, 2.05) is 6.07 Å². The van der Waals surface area contributed by atoms with Gasteiger partial charge < -0.3 is 5.73 Å². The smallest absolute Gasteiger partial charge is 0.262 e. The van der Waals surface area contributed by atoms with E-state index in [1.165, 1.54) is 29.2 Å². The second-order valence-electron chi connectivity index (χ2n) is 5.71. The first kappa shape index (κ1) is 19.0. The lowest BCUT2D eigenvalue weighted by Crippen LogP contribution is -2.31. The highest BCUT2D eigenvalue weighted by Gasteiger charge is 2.40. The highest BCUT2D eigenvalue weighted by Crippen LogP contribution is 2.42. The van der Waals surface area contributed by atoms with Gasteiger partial charge >= 0.3 is 0 Å². The fourth-order valence-corrected chi connectivity index (χ4v) is 4.20. The fraction of sp³-hybridized carbons (Fsp3) is 0.105. The largest absolute Gasteiger partial charge is 0.365 e. The number of primary amides is 1. The van der Waals surface area contributed by atoms with Crippen molar-refractivity contribution in [2.75, 3.05) is 4.90 Å². The Morgan fingerprint density at radius 2 is 1.93 bits per heavy atom. The quantitative estimate of drug-likeness (QED) is 0.628. The number of hydrogen-bond donors (Lipinski definition) is 1. The number of benzene rings is 2. The summed E-state index contributed by atoms with van der Waals surface area (Å²) in [7, 11) is 0. The van der Waals surface area contributed by atoms with Crippen molar-refractivity contribution in [2.24, 2.45) is 5.73 Å². The van der Waals surface area contributed by atoms with Crippen molar-refractivity contribution in [3.8, 4) is 6.07 Å². The van der Waals surface area contributed by atoms with Gasteiger partial charge in [0.1, 0.15) is 22.5 Å². The molecule has 5 nitrogen and oxygen atoms in total. The van der Waals surface area contributed by atoms with E-state index < -0.39 is 17.0 Å². The van der Waals surface area contributed by atoms with Crippen LogP contribution in [0.15, 0.2) is 59.1 Å². The molecule has 3 rings (SSSR count). The average Bonchev–Trinajstić information content (AvgIpc) is 2.94. The van der Waals surface area contributed by atoms with Crippen molar-refractivity contribution < 1.29 is 14.0 Å². The molecule has 0 bridgehead atoms. The van der Waals surface area contributed by atoms with Crippen LogP contribution in [0.25, 0.3) is 0 Å².